The first-order valence-electron chi connectivity index (χ1n) is 10.9. The number of nitrogens with zero attached hydrogens (tertiary/aromatic N) is 2. The summed E-state index contributed by atoms with van der Waals surface area (Å²) in [5, 5.41) is 9.25. The monoisotopic (exact) mass is 497 g/mol. The van der Waals surface area contributed by atoms with E-state index < -0.39 is 23.2 Å². The van der Waals surface area contributed by atoms with Gasteiger partial charge in [0, 0.05) is 10.7 Å². The van der Waals surface area contributed by atoms with Crippen molar-refractivity contribution in [1.82, 2.24) is 5.01 Å². The minimum atomic E-state index is -4.45. The molecule has 0 aliphatic carbocycles. The van der Waals surface area contributed by atoms with Crippen LogP contribution in [0.25, 0.3) is 0 Å². The molecule has 1 heterocycles. The molecule has 1 aliphatic heterocycles. The molecule has 8 heteroatoms. The Kier molecular flexibility index (Phi) is 6.72. The van der Waals surface area contributed by atoms with Gasteiger partial charge >= 0.3 is 12.2 Å². The first-order valence-corrected chi connectivity index (χ1v) is 11.3. The first-order chi connectivity index (χ1) is 16.6. The third kappa shape index (κ3) is 5.25. The van der Waals surface area contributed by atoms with Gasteiger partial charge < -0.3 is 5.32 Å². The molecule has 3 aromatic rings. The Morgan fingerprint density at radius 1 is 1.06 bits per heavy atom. The zero-order chi connectivity index (χ0) is 25.2. The lowest BCUT2D eigenvalue weighted by atomic mass is 9.70. The molecule has 2 amide bonds. The van der Waals surface area contributed by atoms with Crippen LogP contribution in [0.3, 0.4) is 0 Å². The zero-order valence-corrected chi connectivity index (χ0v) is 19.7. The number of benzene rings is 3. The second-order valence-electron chi connectivity index (χ2n) is 8.60. The van der Waals surface area contributed by atoms with Gasteiger partial charge in [-0.2, -0.15) is 18.3 Å². The molecule has 0 fully saturated rings. The second kappa shape index (κ2) is 9.58. The highest BCUT2D eigenvalue weighted by molar-refractivity contribution is 6.30. The van der Waals surface area contributed by atoms with E-state index in [-0.39, 0.29) is 12.2 Å². The standard InChI is InChI=1S/C27H23ClF3N3O/c1-18(2)16-26(20-6-4-3-5-7-20)17-34(33-24(26)19-8-12-22(28)13-9-19)25(35)32-23-14-10-21(11-15-23)27(29,30)31/h3-15H,1,16-17H2,2H3,(H,32,35). The summed E-state index contributed by atoms with van der Waals surface area (Å²) in [5.41, 5.74) is 2.17. The van der Waals surface area contributed by atoms with Crippen LogP contribution in [0, 0.1) is 0 Å². The van der Waals surface area contributed by atoms with E-state index in [1.54, 1.807) is 12.1 Å². The molecule has 0 bridgehead atoms. The van der Waals surface area contributed by atoms with Gasteiger partial charge in [-0.15, -0.1) is 6.58 Å². The van der Waals surface area contributed by atoms with Gasteiger partial charge in [0.25, 0.3) is 0 Å². The Labute approximate surface area is 206 Å². The van der Waals surface area contributed by atoms with Crippen molar-refractivity contribution in [3.63, 3.8) is 0 Å². The van der Waals surface area contributed by atoms with Crippen LogP contribution in [0.2, 0.25) is 5.02 Å². The number of hydrogen-bond acceptors (Lipinski definition) is 2. The minimum Gasteiger partial charge on any atom is -0.306 e. The molecule has 3 aromatic carbocycles. The largest absolute Gasteiger partial charge is 0.416 e. The maximum Gasteiger partial charge on any atom is 0.416 e. The number of hydrazone groups is 1. The summed E-state index contributed by atoms with van der Waals surface area (Å²) in [7, 11) is 0. The van der Waals surface area contributed by atoms with Crippen LogP contribution in [0.15, 0.2) is 96.1 Å². The van der Waals surface area contributed by atoms with Crippen molar-refractivity contribution in [3.05, 3.63) is 113 Å². The fourth-order valence-electron chi connectivity index (χ4n) is 4.31. The van der Waals surface area contributed by atoms with Crippen molar-refractivity contribution < 1.29 is 18.0 Å². The molecular weight excluding hydrogens is 475 g/mol. The maximum atomic E-state index is 13.2. The second-order valence-corrected chi connectivity index (χ2v) is 9.04. The van der Waals surface area contributed by atoms with Crippen LogP contribution in [-0.4, -0.2) is 23.3 Å². The number of hydrogen-bond donors (Lipinski definition) is 1. The smallest absolute Gasteiger partial charge is 0.306 e. The highest BCUT2D eigenvalue weighted by Crippen LogP contribution is 2.40. The summed E-state index contributed by atoms with van der Waals surface area (Å²) in [6, 6.07) is 20.8. The molecule has 1 N–H and O–H groups in total. The molecule has 0 saturated carbocycles. The molecule has 0 spiro atoms. The predicted octanol–water partition coefficient (Wildman–Crippen LogP) is 7.51. The Balaban J connectivity index is 1.71. The van der Waals surface area contributed by atoms with Gasteiger partial charge in [-0.1, -0.05) is 59.6 Å². The molecule has 4 nitrogen and oxygen atoms in total. The number of amides is 2. The number of allylic oxidation sites excluding steroid dienone is 1. The Bertz CT molecular complexity index is 1260. The molecule has 0 saturated heterocycles. The zero-order valence-electron chi connectivity index (χ0n) is 18.9. The van der Waals surface area contributed by atoms with Crippen molar-refractivity contribution in [2.45, 2.75) is 24.9 Å². The molecule has 180 valence electrons. The van der Waals surface area contributed by atoms with Crippen molar-refractivity contribution >= 4 is 29.0 Å². The van der Waals surface area contributed by atoms with E-state index in [9.17, 15) is 18.0 Å². The highest BCUT2D eigenvalue weighted by Gasteiger charge is 2.46. The predicted molar refractivity (Wildman–Crippen MR) is 133 cm³/mol. The van der Waals surface area contributed by atoms with E-state index in [1.807, 2.05) is 49.4 Å². The average Bonchev–Trinajstić information content (AvgIpc) is 3.20. The molecule has 35 heavy (non-hydrogen) atoms. The fraction of sp³-hybridized carbons (Fsp3) is 0.185. The summed E-state index contributed by atoms with van der Waals surface area (Å²) in [4.78, 5) is 13.2. The molecular formula is C27H23ClF3N3O. The SMILES string of the molecule is C=C(C)CC1(c2ccccc2)CN(C(=O)Nc2ccc(C(F)(F)F)cc2)N=C1c1ccc(Cl)cc1. The van der Waals surface area contributed by atoms with E-state index in [1.165, 1.54) is 17.1 Å². The maximum absolute atomic E-state index is 13.2. The number of carbonyl (C=O) groups excluding carboxylic acids is 1. The lowest BCUT2D eigenvalue weighted by molar-refractivity contribution is -0.137. The van der Waals surface area contributed by atoms with Crippen LogP contribution >= 0.6 is 11.6 Å². The quantitative estimate of drug-likeness (QED) is 0.364. The Morgan fingerprint density at radius 3 is 2.26 bits per heavy atom. The van der Waals surface area contributed by atoms with E-state index in [0.717, 1.165) is 28.8 Å². The first kappa shape index (κ1) is 24.5. The molecule has 1 atom stereocenters. The molecule has 0 radical (unpaired) electrons. The third-order valence-electron chi connectivity index (χ3n) is 5.84. The number of alkyl halides is 3. The topological polar surface area (TPSA) is 44.7 Å². The van der Waals surface area contributed by atoms with E-state index >= 15 is 0 Å². The Hall–Kier alpha value is -3.58. The van der Waals surface area contributed by atoms with Gasteiger partial charge in [0.05, 0.1) is 23.2 Å². The third-order valence-corrected chi connectivity index (χ3v) is 6.09. The van der Waals surface area contributed by atoms with Crippen LogP contribution in [0.1, 0.15) is 30.0 Å². The van der Waals surface area contributed by atoms with Crippen molar-refractivity contribution in [2.75, 3.05) is 11.9 Å². The number of anilines is 1. The minimum absolute atomic E-state index is 0.230. The van der Waals surface area contributed by atoms with Crippen LogP contribution in [0.5, 0.6) is 0 Å². The fourth-order valence-corrected chi connectivity index (χ4v) is 4.44. The number of rotatable bonds is 5. The van der Waals surface area contributed by atoms with E-state index in [2.05, 4.69) is 11.9 Å². The molecule has 0 aromatic heterocycles. The molecule has 1 aliphatic rings. The van der Waals surface area contributed by atoms with Gasteiger partial charge in [-0.3, -0.25) is 0 Å². The summed E-state index contributed by atoms with van der Waals surface area (Å²) in [5.74, 6) is 0. The van der Waals surface area contributed by atoms with Gasteiger partial charge in [-0.05, 0) is 60.9 Å². The summed E-state index contributed by atoms with van der Waals surface area (Å²) >= 11 is 6.10. The molecule has 4 rings (SSSR count). The number of halogens is 4. The highest BCUT2D eigenvalue weighted by atomic mass is 35.5. The molecule has 1 unspecified atom stereocenters. The van der Waals surface area contributed by atoms with Crippen molar-refractivity contribution in [1.29, 1.82) is 0 Å². The van der Waals surface area contributed by atoms with Gasteiger partial charge in [0.2, 0.25) is 0 Å². The normalized spacial score (nSPS) is 17.7. The summed E-state index contributed by atoms with van der Waals surface area (Å²) < 4.78 is 38.6. The van der Waals surface area contributed by atoms with Crippen molar-refractivity contribution in [3.8, 4) is 0 Å². The van der Waals surface area contributed by atoms with Crippen LogP contribution in [-0.2, 0) is 11.6 Å². The lowest BCUT2D eigenvalue weighted by Gasteiger charge is -2.32. The van der Waals surface area contributed by atoms with E-state index in [0.29, 0.717) is 17.2 Å². The Morgan fingerprint density at radius 2 is 1.69 bits per heavy atom. The number of urea groups is 1. The summed E-state index contributed by atoms with van der Waals surface area (Å²) in [6.07, 6.45) is -3.91. The van der Waals surface area contributed by atoms with Gasteiger partial charge in [0.1, 0.15) is 0 Å². The van der Waals surface area contributed by atoms with E-state index in [4.69, 9.17) is 16.7 Å². The van der Waals surface area contributed by atoms with Gasteiger partial charge in [-0.25, -0.2) is 9.80 Å². The summed E-state index contributed by atoms with van der Waals surface area (Å²) in [6.45, 7) is 6.27. The average molecular weight is 498 g/mol. The number of nitrogens with one attached hydrogen (secondary N) is 1. The van der Waals surface area contributed by atoms with Gasteiger partial charge in [0.15, 0.2) is 0 Å². The number of carbonyl (C=O) groups is 1. The van der Waals surface area contributed by atoms with Crippen LogP contribution in [0.4, 0.5) is 23.7 Å². The lowest BCUT2D eigenvalue weighted by Crippen LogP contribution is -2.41. The van der Waals surface area contributed by atoms with Crippen molar-refractivity contribution in [2.24, 2.45) is 5.10 Å². The van der Waals surface area contributed by atoms with Crippen LogP contribution < -0.4 is 5.32 Å².